The summed E-state index contributed by atoms with van der Waals surface area (Å²) in [4.78, 5) is 37.6. The van der Waals surface area contributed by atoms with Crippen LogP contribution >= 0.6 is 0 Å². The van der Waals surface area contributed by atoms with Crippen molar-refractivity contribution in [2.24, 2.45) is 17.6 Å². The van der Waals surface area contributed by atoms with E-state index in [0.29, 0.717) is 6.08 Å². The molecule has 0 aliphatic heterocycles. The van der Waals surface area contributed by atoms with Crippen molar-refractivity contribution in [3.05, 3.63) is 80.4 Å². The van der Waals surface area contributed by atoms with Gasteiger partial charge in [-0.05, 0) is 42.0 Å². The predicted molar refractivity (Wildman–Crippen MR) is 127 cm³/mol. The average molecular weight is 563 g/mol. The van der Waals surface area contributed by atoms with Crippen molar-refractivity contribution in [1.82, 2.24) is 0 Å². The Balaban J connectivity index is 1.64. The lowest BCUT2D eigenvalue weighted by molar-refractivity contribution is -0.147. The van der Waals surface area contributed by atoms with Crippen molar-refractivity contribution in [2.75, 3.05) is 0 Å². The van der Waals surface area contributed by atoms with Gasteiger partial charge in [-0.2, -0.15) is 0 Å². The second kappa shape index (κ2) is 9.01. The molecule has 0 saturated heterocycles. The highest BCUT2D eigenvalue weighted by Gasteiger charge is 2.60. The number of benzene rings is 2. The molecule has 5 rings (SSSR count). The van der Waals surface area contributed by atoms with E-state index in [0.717, 1.165) is 12.1 Å². The number of hydrogen-bond donors (Lipinski definition) is 5. The summed E-state index contributed by atoms with van der Waals surface area (Å²) < 4.78 is 69.0. The van der Waals surface area contributed by atoms with Crippen LogP contribution in [0.25, 0.3) is 17.9 Å². The van der Waals surface area contributed by atoms with Crippen LogP contribution in [0.3, 0.4) is 0 Å². The number of phenols is 1. The molecule has 3 atom stereocenters. The molecule has 0 unspecified atom stereocenters. The second-order valence-corrected chi connectivity index (χ2v) is 9.75. The molecule has 208 valence electrons. The van der Waals surface area contributed by atoms with Gasteiger partial charge in [-0.1, -0.05) is 12.1 Å². The van der Waals surface area contributed by atoms with Crippen LogP contribution in [-0.4, -0.2) is 43.5 Å². The Labute approximate surface area is 221 Å². The molecular formula is C27H18F5NO7. The van der Waals surface area contributed by atoms with E-state index < -0.39 is 104 Å². The lowest BCUT2D eigenvalue weighted by Gasteiger charge is -2.46. The van der Waals surface area contributed by atoms with E-state index >= 15 is 0 Å². The number of aromatic hydroxyl groups is 1. The number of Topliss-reactive ketones (excluding diaryl/α,β-unsaturated/α-hetero) is 2. The molecule has 40 heavy (non-hydrogen) atoms. The number of aliphatic hydroxyl groups excluding tert-OH is 2. The summed E-state index contributed by atoms with van der Waals surface area (Å²) in [6.07, 6.45) is 0.777. The molecule has 0 aromatic heterocycles. The number of rotatable bonds is 3. The first-order valence-corrected chi connectivity index (χ1v) is 11.7. The van der Waals surface area contributed by atoms with Crippen molar-refractivity contribution in [2.45, 2.75) is 24.9 Å². The molecule has 1 amide bonds. The molecule has 0 heterocycles. The summed E-state index contributed by atoms with van der Waals surface area (Å²) in [5, 5.41) is 43.4. The number of carbonyl (C=O) groups is 3. The lowest BCUT2D eigenvalue weighted by Crippen LogP contribution is -2.58. The summed E-state index contributed by atoms with van der Waals surface area (Å²) in [5.41, 5.74) is -0.309. The third-order valence-electron chi connectivity index (χ3n) is 7.66. The van der Waals surface area contributed by atoms with Crippen LogP contribution in [-0.2, 0) is 20.8 Å². The van der Waals surface area contributed by atoms with Crippen molar-refractivity contribution in [3.8, 4) is 5.75 Å². The molecule has 6 N–H and O–H groups in total. The summed E-state index contributed by atoms with van der Waals surface area (Å²) in [6, 6.07) is 2.29. The van der Waals surface area contributed by atoms with E-state index in [4.69, 9.17) is 5.73 Å². The van der Waals surface area contributed by atoms with E-state index in [2.05, 4.69) is 0 Å². The lowest BCUT2D eigenvalue weighted by atomic mass is 9.59. The second-order valence-electron chi connectivity index (χ2n) is 9.75. The fourth-order valence-electron chi connectivity index (χ4n) is 5.74. The maximum absolute atomic E-state index is 14.2. The van der Waals surface area contributed by atoms with Gasteiger partial charge in [0.05, 0.1) is 11.1 Å². The van der Waals surface area contributed by atoms with Crippen LogP contribution in [0.15, 0.2) is 29.0 Å². The van der Waals surface area contributed by atoms with Crippen molar-refractivity contribution < 1.29 is 56.8 Å². The third kappa shape index (κ3) is 3.57. The van der Waals surface area contributed by atoms with E-state index in [-0.39, 0.29) is 29.5 Å². The normalized spacial score (nSPS) is 24.4. The van der Waals surface area contributed by atoms with Crippen molar-refractivity contribution >= 4 is 35.4 Å². The summed E-state index contributed by atoms with van der Waals surface area (Å²) >= 11 is 0. The molecule has 2 aromatic carbocycles. The van der Waals surface area contributed by atoms with Gasteiger partial charge in [0.25, 0.3) is 5.91 Å². The van der Waals surface area contributed by atoms with Gasteiger partial charge in [0, 0.05) is 17.9 Å². The minimum absolute atomic E-state index is 0.0779. The summed E-state index contributed by atoms with van der Waals surface area (Å²) in [5.74, 6) is -19.0. The Kier molecular flexibility index (Phi) is 6.10. The smallest absolute Gasteiger partial charge is 0.255 e. The van der Waals surface area contributed by atoms with Crippen LogP contribution in [0, 0.1) is 40.9 Å². The van der Waals surface area contributed by atoms with Gasteiger partial charge >= 0.3 is 0 Å². The van der Waals surface area contributed by atoms with Crippen LogP contribution in [0.4, 0.5) is 22.0 Å². The minimum atomic E-state index is -2.76. The molecule has 0 spiro atoms. The number of amides is 1. The standard InChI is InChI=1S/C27H18F5NO7/c28-18-11(19(29)21(31)22(32)20(18)30)3-1-8-2-4-13(34)16-12(8)6-9-5-10-7-14(35)17(26(33)39)25(38)27(10,40)24(37)15(9)23(16)36/h1-4,9-10,34,36,38,40H,5-7H2,(H2,33,39)/b3-1+/t9-,10+,27+/m1/s1. The van der Waals surface area contributed by atoms with Gasteiger partial charge in [0.15, 0.2) is 34.7 Å². The number of phenolic OH excluding ortho intramolecular Hbond substituents is 1. The maximum Gasteiger partial charge on any atom is 0.255 e. The van der Waals surface area contributed by atoms with Gasteiger partial charge in [-0.3, -0.25) is 14.4 Å². The Morgan fingerprint density at radius 2 is 1.52 bits per heavy atom. The molecule has 0 bridgehead atoms. The highest BCUT2D eigenvalue weighted by atomic mass is 19.2. The Hall–Kier alpha value is -4.52. The van der Waals surface area contributed by atoms with Crippen LogP contribution < -0.4 is 5.73 Å². The topological polar surface area (TPSA) is 158 Å². The van der Waals surface area contributed by atoms with Crippen LogP contribution in [0.5, 0.6) is 5.75 Å². The molecule has 3 aliphatic carbocycles. The number of primary amides is 1. The van der Waals surface area contributed by atoms with Gasteiger partial charge in [-0.25, -0.2) is 22.0 Å². The predicted octanol–water partition coefficient (Wildman–Crippen LogP) is 3.29. The molecule has 13 heteroatoms. The minimum Gasteiger partial charge on any atom is -0.508 e. The Morgan fingerprint density at radius 1 is 0.925 bits per heavy atom. The molecule has 3 aliphatic rings. The third-order valence-corrected chi connectivity index (χ3v) is 7.66. The number of nitrogens with two attached hydrogens (primary N) is 1. The first-order chi connectivity index (χ1) is 18.7. The number of aliphatic hydroxyl groups is 3. The zero-order valence-electron chi connectivity index (χ0n) is 20.1. The number of fused-ring (bicyclic) bond motifs is 3. The van der Waals surface area contributed by atoms with Gasteiger partial charge in [-0.15, -0.1) is 0 Å². The number of halogens is 5. The van der Waals surface area contributed by atoms with Gasteiger partial charge in [0.2, 0.25) is 11.6 Å². The number of ketones is 2. The Bertz CT molecular complexity index is 1630. The monoisotopic (exact) mass is 563 g/mol. The van der Waals surface area contributed by atoms with Crippen LogP contribution in [0.2, 0.25) is 0 Å². The molecule has 8 nitrogen and oxygen atoms in total. The van der Waals surface area contributed by atoms with Crippen molar-refractivity contribution in [3.63, 3.8) is 0 Å². The quantitative estimate of drug-likeness (QED) is 0.126. The number of carbonyl (C=O) groups excluding carboxylic acids is 3. The van der Waals surface area contributed by atoms with E-state index in [1.807, 2.05) is 0 Å². The Morgan fingerprint density at radius 3 is 2.12 bits per heavy atom. The summed E-state index contributed by atoms with van der Waals surface area (Å²) in [7, 11) is 0. The highest BCUT2D eigenvalue weighted by Crippen LogP contribution is 2.52. The van der Waals surface area contributed by atoms with E-state index in [1.165, 1.54) is 6.07 Å². The molecule has 1 saturated carbocycles. The molecule has 0 radical (unpaired) electrons. The molecule has 2 aromatic rings. The van der Waals surface area contributed by atoms with E-state index in [1.54, 1.807) is 0 Å². The maximum atomic E-state index is 14.2. The zero-order valence-corrected chi connectivity index (χ0v) is 20.1. The van der Waals surface area contributed by atoms with E-state index in [9.17, 15) is 56.8 Å². The van der Waals surface area contributed by atoms with Gasteiger partial charge < -0.3 is 26.2 Å². The highest BCUT2D eigenvalue weighted by molar-refractivity contribution is 6.22. The largest absolute Gasteiger partial charge is 0.508 e. The fourth-order valence-corrected chi connectivity index (χ4v) is 5.74. The first-order valence-electron chi connectivity index (χ1n) is 11.7. The summed E-state index contributed by atoms with van der Waals surface area (Å²) in [6.45, 7) is 0. The van der Waals surface area contributed by atoms with Crippen molar-refractivity contribution in [1.29, 1.82) is 0 Å². The van der Waals surface area contributed by atoms with Crippen LogP contribution in [0.1, 0.15) is 35.1 Å². The molecule has 1 fully saturated rings. The number of hydrogen-bond acceptors (Lipinski definition) is 7. The molecular weight excluding hydrogens is 545 g/mol. The zero-order chi connectivity index (χ0) is 29.4. The SMILES string of the molecule is NC(=O)C1=C(O)[C@@]2(O)C(=O)C3=C(O)c4c(O)ccc(/C=C/c5c(F)c(F)c(F)c(F)c5F)c4C[C@H]3C[C@H]2CC1=O. The first kappa shape index (κ1) is 27.1. The fraction of sp³-hybridized carbons (Fsp3) is 0.222. The van der Waals surface area contributed by atoms with Gasteiger partial charge in [0.1, 0.15) is 22.8 Å². The average Bonchev–Trinajstić information content (AvgIpc) is 2.89.